The molecule has 1 aromatic carbocycles. The summed E-state index contributed by atoms with van der Waals surface area (Å²) in [5.74, 6) is -0.966. The molecule has 0 amide bonds. The summed E-state index contributed by atoms with van der Waals surface area (Å²) in [6.07, 6.45) is 2.48. The number of hydrogen-bond donors (Lipinski definition) is 1. The second-order valence-corrected chi connectivity index (χ2v) is 5.04. The van der Waals surface area contributed by atoms with Crippen molar-refractivity contribution < 1.29 is 19.4 Å². The van der Waals surface area contributed by atoms with Crippen LogP contribution in [0.2, 0.25) is 0 Å². The van der Waals surface area contributed by atoms with Gasteiger partial charge in [0.1, 0.15) is 11.1 Å². The van der Waals surface area contributed by atoms with E-state index in [1.165, 1.54) is 0 Å². The normalized spacial score (nSPS) is 22.4. The minimum Gasteiger partial charge on any atom is -0.478 e. The number of fused-ring (bicyclic) bond motifs is 1. The van der Waals surface area contributed by atoms with E-state index in [2.05, 4.69) is 4.98 Å². The number of aromatic carboxylic acids is 1. The summed E-state index contributed by atoms with van der Waals surface area (Å²) in [6.45, 7) is 1.83. The van der Waals surface area contributed by atoms with Crippen molar-refractivity contribution in [2.24, 2.45) is 0 Å². The van der Waals surface area contributed by atoms with Crippen LogP contribution in [0.25, 0.3) is 11.0 Å². The SMILES string of the molecule is COC1(Cn2cnc3c(C(=O)O)cccc32)CCOC1. The van der Waals surface area contributed by atoms with Crippen LogP contribution in [0, 0.1) is 0 Å². The van der Waals surface area contributed by atoms with Gasteiger partial charge in [0.2, 0.25) is 0 Å². The van der Waals surface area contributed by atoms with Crippen LogP contribution in [0.1, 0.15) is 16.8 Å². The lowest BCUT2D eigenvalue weighted by molar-refractivity contribution is -0.0287. The molecule has 1 N–H and O–H groups in total. The summed E-state index contributed by atoms with van der Waals surface area (Å²) in [5.41, 5.74) is 1.17. The number of nitrogens with zero attached hydrogens (tertiary/aromatic N) is 2. The van der Waals surface area contributed by atoms with Gasteiger partial charge in [0, 0.05) is 20.1 Å². The summed E-state index contributed by atoms with van der Waals surface area (Å²) in [6, 6.07) is 5.16. The Morgan fingerprint density at radius 1 is 1.60 bits per heavy atom. The van der Waals surface area contributed by atoms with Crippen molar-refractivity contribution in [2.45, 2.75) is 18.6 Å². The van der Waals surface area contributed by atoms with Crippen LogP contribution in [-0.2, 0) is 16.0 Å². The quantitative estimate of drug-likeness (QED) is 0.917. The Balaban J connectivity index is 2.01. The number of rotatable bonds is 4. The molecule has 2 aromatic rings. The Morgan fingerprint density at radius 3 is 3.10 bits per heavy atom. The number of imidazole rings is 1. The Bertz CT molecular complexity index is 644. The number of ether oxygens (including phenoxy) is 2. The molecule has 1 aromatic heterocycles. The third-order valence-electron chi connectivity index (χ3n) is 3.84. The molecule has 0 aliphatic carbocycles. The summed E-state index contributed by atoms with van der Waals surface area (Å²) in [5, 5.41) is 9.18. The van der Waals surface area contributed by atoms with Gasteiger partial charge >= 0.3 is 5.97 Å². The van der Waals surface area contributed by atoms with Crippen molar-refractivity contribution in [1.29, 1.82) is 0 Å². The Labute approximate surface area is 115 Å². The van der Waals surface area contributed by atoms with Crippen LogP contribution in [0.15, 0.2) is 24.5 Å². The highest BCUT2D eigenvalue weighted by Crippen LogP contribution is 2.27. The van der Waals surface area contributed by atoms with E-state index in [4.69, 9.17) is 9.47 Å². The zero-order valence-electron chi connectivity index (χ0n) is 11.2. The Morgan fingerprint density at radius 2 is 2.45 bits per heavy atom. The molecular formula is C14H16N2O4. The smallest absolute Gasteiger partial charge is 0.337 e. The average molecular weight is 276 g/mol. The predicted octanol–water partition coefficient (Wildman–Crippen LogP) is 1.54. The van der Waals surface area contributed by atoms with Crippen LogP contribution < -0.4 is 0 Å². The number of para-hydroxylation sites is 1. The fraction of sp³-hybridized carbons (Fsp3) is 0.429. The van der Waals surface area contributed by atoms with Gasteiger partial charge < -0.3 is 19.1 Å². The molecule has 0 bridgehead atoms. The van der Waals surface area contributed by atoms with E-state index in [0.717, 1.165) is 11.9 Å². The van der Waals surface area contributed by atoms with Crippen LogP contribution >= 0.6 is 0 Å². The van der Waals surface area contributed by atoms with Gasteiger partial charge in [-0.1, -0.05) is 6.07 Å². The first-order chi connectivity index (χ1) is 9.65. The monoisotopic (exact) mass is 276 g/mol. The Kier molecular flexibility index (Phi) is 3.19. The maximum Gasteiger partial charge on any atom is 0.337 e. The van der Waals surface area contributed by atoms with Crippen molar-refractivity contribution in [3.8, 4) is 0 Å². The minimum absolute atomic E-state index is 0.218. The predicted molar refractivity (Wildman–Crippen MR) is 71.9 cm³/mol. The largest absolute Gasteiger partial charge is 0.478 e. The van der Waals surface area contributed by atoms with Crippen LogP contribution in [0.5, 0.6) is 0 Å². The zero-order chi connectivity index (χ0) is 14.2. The topological polar surface area (TPSA) is 73.6 Å². The maximum atomic E-state index is 11.2. The molecule has 1 atom stereocenters. The summed E-state index contributed by atoms with van der Waals surface area (Å²) in [4.78, 5) is 15.4. The molecule has 6 nitrogen and oxygen atoms in total. The minimum atomic E-state index is -0.966. The van der Waals surface area contributed by atoms with Gasteiger partial charge in [-0.15, -0.1) is 0 Å². The molecular weight excluding hydrogens is 260 g/mol. The molecule has 20 heavy (non-hydrogen) atoms. The number of methoxy groups -OCH3 is 1. The van der Waals surface area contributed by atoms with Crippen LogP contribution in [0.4, 0.5) is 0 Å². The van der Waals surface area contributed by atoms with E-state index in [0.29, 0.717) is 25.3 Å². The Hall–Kier alpha value is -1.92. The van der Waals surface area contributed by atoms with Gasteiger partial charge in [-0.3, -0.25) is 0 Å². The maximum absolute atomic E-state index is 11.2. The van der Waals surface area contributed by atoms with E-state index in [1.54, 1.807) is 25.6 Å². The molecule has 1 aliphatic rings. The van der Waals surface area contributed by atoms with E-state index < -0.39 is 5.97 Å². The van der Waals surface area contributed by atoms with Crippen LogP contribution in [-0.4, -0.2) is 46.6 Å². The van der Waals surface area contributed by atoms with E-state index in [9.17, 15) is 9.90 Å². The van der Waals surface area contributed by atoms with Gasteiger partial charge in [-0.2, -0.15) is 0 Å². The molecule has 1 fully saturated rings. The van der Waals surface area contributed by atoms with Gasteiger partial charge in [0.05, 0.1) is 30.6 Å². The van der Waals surface area contributed by atoms with Gasteiger partial charge in [-0.25, -0.2) is 9.78 Å². The van der Waals surface area contributed by atoms with E-state index in [1.807, 2.05) is 10.6 Å². The fourth-order valence-corrected chi connectivity index (χ4v) is 2.64. The lowest BCUT2D eigenvalue weighted by Gasteiger charge is -2.26. The number of carbonyl (C=O) groups is 1. The summed E-state index contributed by atoms with van der Waals surface area (Å²) >= 11 is 0. The number of carboxylic acid groups (broad SMARTS) is 1. The first-order valence-electron chi connectivity index (χ1n) is 6.45. The lowest BCUT2D eigenvalue weighted by Crippen LogP contribution is -2.36. The highest BCUT2D eigenvalue weighted by Gasteiger charge is 2.35. The number of benzene rings is 1. The fourth-order valence-electron chi connectivity index (χ4n) is 2.64. The van der Waals surface area contributed by atoms with Crippen molar-refractivity contribution >= 4 is 17.0 Å². The molecule has 1 saturated heterocycles. The molecule has 1 aliphatic heterocycles. The standard InChI is InChI=1S/C14H16N2O4/c1-19-14(5-6-20-8-14)7-16-9-15-12-10(13(17)18)3-2-4-11(12)16/h2-4,9H,5-8H2,1H3,(H,17,18). The molecule has 6 heteroatoms. The van der Waals surface area contributed by atoms with E-state index >= 15 is 0 Å². The third-order valence-corrected chi connectivity index (χ3v) is 3.84. The number of carboxylic acids is 1. The molecule has 106 valence electrons. The van der Waals surface area contributed by atoms with Gasteiger partial charge in [0.25, 0.3) is 0 Å². The number of aromatic nitrogens is 2. The second kappa shape index (κ2) is 4.88. The van der Waals surface area contributed by atoms with Crippen molar-refractivity contribution in [3.63, 3.8) is 0 Å². The van der Waals surface area contributed by atoms with Crippen molar-refractivity contribution in [2.75, 3.05) is 20.3 Å². The highest BCUT2D eigenvalue weighted by atomic mass is 16.5. The molecule has 0 saturated carbocycles. The van der Waals surface area contributed by atoms with Crippen molar-refractivity contribution in [3.05, 3.63) is 30.1 Å². The first-order valence-corrected chi connectivity index (χ1v) is 6.45. The first kappa shape index (κ1) is 13.1. The van der Waals surface area contributed by atoms with E-state index in [-0.39, 0.29) is 11.2 Å². The summed E-state index contributed by atoms with van der Waals surface area (Å²) < 4.78 is 13.0. The van der Waals surface area contributed by atoms with Gasteiger partial charge in [-0.05, 0) is 12.1 Å². The summed E-state index contributed by atoms with van der Waals surface area (Å²) in [7, 11) is 1.68. The van der Waals surface area contributed by atoms with Crippen molar-refractivity contribution in [1.82, 2.24) is 9.55 Å². The third kappa shape index (κ3) is 2.07. The van der Waals surface area contributed by atoms with Crippen LogP contribution in [0.3, 0.4) is 0 Å². The average Bonchev–Trinajstić information content (AvgIpc) is 3.07. The molecule has 0 radical (unpaired) electrons. The van der Waals surface area contributed by atoms with Gasteiger partial charge in [0.15, 0.2) is 0 Å². The number of hydrogen-bond acceptors (Lipinski definition) is 4. The lowest BCUT2D eigenvalue weighted by atomic mass is 10.0. The highest BCUT2D eigenvalue weighted by molar-refractivity contribution is 6.00. The molecule has 0 spiro atoms. The molecule has 2 heterocycles. The molecule has 3 rings (SSSR count). The molecule has 1 unspecified atom stereocenters. The second-order valence-electron chi connectivity index (χ2n) is 5.04. The zero-order valence-corrected chi connectivity index (χ0v) is 11.2.